The van der Waals surface area contributed by atoms with Crippen molar-refractivity contribution in [3.05, 3.63) is 58.9 Å². The second kappa shape index (κ2) is 6.17. The molecule has 1 aromatic heterocycles. The number of esters is 1. The van der Waals surface area contributed by atoms with Gasteiger partial charge in [0, 0.05) is 11.4 Å². The molecule has 1 heterocycles. The summed E-state index contributed by atoms with van der Waals surface area (Å²) in [5.74, 6) is -0.698. The number of benzene rings is 1. The molecule has 0 radical (unpaired) electrons. The summed E-state index contributed by atoms with van der Waals surface area (Å²) >= 11 is 0. The van der Waals surface area contributed by atoms with Crippen molar-refractivity contribution in [2.24, 2.45) is 0 Å². The Bertz CT molecular complexity index is 658. The number of carbonyl (C=O) groups is 2. The molecule has 0 saturated heterocycles. The molecule has 0 fully saturated rings. The molecule has 0 saturated carbocycles. The molecular formula is C16H16N2O3. The first-order chi connectivity index (χ1) is 9.99. The summed E-state index contributed by atoms with van der Waals surface area (Å²) in [6.07, 6.45) is 0. The van der Waals surface area contributed by atoms with Gasteiger partial charge in [0.15, 0.2) is 0 Å². The minimum Gasteiger partial charge on any atom is -0.465 e. The fourth-order valence-electron chi connectivity index (χ4n) is 1.96. The van der Waals surface area contributed by atoms with Gasteiger partial charge in [0.25, 0.3) is 5.91 Å². The van der Waals surface area contributed by atoms with Crippen LogP contribution in [0.5, 0.6) is 0 Å². The van der Waals surface area contributed by atoms with E-state index in [0.29, 0.717) is 16.9 Å². The minimum atomic E-state index is -0.413. The fraction of sp³-hybridized carbons (Fsp3) is 0.188. The molecule has 0 unspecified atom stereocenters. The number of anilines is 1. The molecule has 1 aromatic carbocycles. The maximum absolute atomic E-state index is 12.1. The molecular weight excluding hydrogens is 268 g/mol. The van der Waals surface area contributed by atoms with Crippen LogP contribution in [0, 0.1) is 13.8 Å². The lowest BCUT2D eigenvalue weighted by Gasteiger charge is -2.07. The minimum absolute atomic E-state index is 0.285. The van der Waals surface area contributed by atoms with E-state index in [0.717, 1.165) is 11.3 Å². The van der Waals surface area contributed by atoms with Crippen molar-refractivity contribution in [1.29, 1.82) is 0 Å². The van der Waals surface area contributed by atoms with Crippen LogP contribution in [-0.2, 0) is 4.74 Å². The molecule has 5 heteroatoms. The standard InChI is InChI=1S/C16H16N2O3/c1-10-8-11(2)17-14(9-10)15(19)18-13-6-4-12(5-7-13)16(20)21-3/h4-9H,1-3H3,(H,18,19). The van der Waals surface area contributed by atoms with Crippen molar-refractivity contribution in [1.82, 2.24) is 4.98 Å². The Morgan fingerprint density at radius 1 is 1.10 bits per heavy atom. The Balaban J connectivity index is 2.14. The molecule has 0 atom stereocenters. The van der Waals surface area contributed by atoms with Gasteiger partial charge in [-0.3, -0.25) is 4.79 Å². The van der Waals surface area contributed by atoms with Gasteiger partial charge in [0.1, 0.15) is 5.69 Å². The van der Waals surface area contributed by atoms with E-state index >= 15 is 0 Å². The first kappa shape index (κ1) is 14.7. The number of rotatable bonds is 3. The zero-order valence-electron chi connectivity index (χ0n) is 12.1. The van der Waals surface area contributed by atoms with Gasteiger partial charge in [-0.2, -0.15) is 0 Å². The predicted molar refractivity (Wildman–Crippen MR) is 79.4 cm³/mol. The van der Waals surface area contributed by atoms with Crippen LogP contribution in [0.1, 0.15) is 32.1 Å². The Labute approximate surface area is 123 Å². The molecule has 0 aliphatic rings. The Morgan fingerprint density at radius 2 is 1.76 bits per heavy atom. The van der Waals surface area contributed by atoms with Crippen LogP contribution >= 0.6 is 0 Å². The molecule has 5 nitrogen and oxygen atoms in total. The summed E-state index contributed by atoms with van der Waals surface area (Å²) in [5.41, 5.74) is 3.16. The van der Waals surface area contributed by atoms with Crippen molar-refractivity contribution in [2.45, 2.75) is 13.8 Å². The van der Waals surface area contributed by atoms with E-state index in [2.05, 4.69) is 15.0 Å². The molecule has 108 valence electrons. The van der Waals surface area contributed by atoms with E-state index in [1.807, 2.05) is 19.9 Å². The van der Waals surface area contributed by atoms with Gasteiger partial charge in [-0.1, -0.05) is 0 Å². The molecule has 2 aromatic rings. The Morgan fingerprint density at radius 3 is 2.33 bits per heavy atom. The summed E-state index contributed by atoms with van der Waals surface area (Å²) in [7, 11) is 1.32. The first-order valence-electron chi connectivity index (χ1n) is 6.44. The lowest BCUT2D eigenvalue weighted by Crippen LogP contribution is -2.14. The number of ether oxygens (including phenoxy) is 1. The van der Waals surface area contributed by atoms with E-state index in [1.165, 1.54) is 7.11 Å². The summed E-state index contributed by atoms with van der Waals surface area (Å²) in [6.45, 7) is 3.76. The first-order valence-corrected chi connectivity index (χ1v) is 6.44. The van der Waals surface area contributed by atoms with Crippen LogP contribution in [-0.4, -0.2) is 24.0 Å². The number of nitrogens with zero attached hydrogens (tertiary/aromatic N) is 1. The smallest absolute Gasteiger partial charge is 0.337 e. The van der Waals surface area contributed by atoms with Gasteiger partial charge in [-0.15, -0.1) is 0 Å². The van der Waals surface area contributed by atoms with E-state index < -0.39 is 5.97 Å². The average Bonchev–Trinajstić information content (AvgIpc) is 2.46. The van der Waals surface area contributed by atoms with E-state index in [9.17, 15) is 9.59 Å². The van der Waals surface area contributed by atoms with Crippen molar-refractivity contribution in [3.8, 4) is 0 Å². The van der Waals surface area contributed by atoms with Crippen molar-refractivity contribution >= 4 is 17.6 Å². The Hall–Kier alpha value is -2.69. The molecule has 0 aliphatic heterocycles. The van der Waals surface area contributed by atoms with Crippen LogP contribution in [0.3, 0.4) is 0 Å². The van der Waals surface area contributed by atoms with E-state index in [1.54, 1.807) is 30.3 Å². The number of hydrogen-bond acceptors (Lipinski definition) is 4. The lowest BCUT2D eigenvalue weighted by molar-refractivity contribution is 0.0600. The van der Waals surface area contributed by atoms with Crippen LogP contribution in [0.4, 0.5) is 5.69 Å². The van der Waals surface area contributed by atoms with Gasteiger partial charge < -0.3 is 10.1 Å². The SMILES string of the molecule is COC(=O)c1ccc(NC(=O)c2cc(C)cc(C)n2)cc1. The third-order valence-corrected chi connectivity index (χ3v) is 2.89. The second-order valence-corrected chi connectivity index (χ2v) is 4.69. The van der Waals surface area contributed by atoms with Gasteiger partial charge in [-0.05, 0) is 55.8 Å². The number of aromatic nitrogens is 1. The number of aryl methyl sites for hydroxylation is 2. The third-order valence-electron chi connectivity index (χ3n) is 2.89. The van der Waals surface area contributed by atoms with Crippen LogP contribution < -0.4 is 5.32 Å². The molecule has 21 heavy (non-hydrogen) atoms. The molecule has 1 N–H and O–H groups in total. The van der Waals surface area contributed by atoms with Gasteiger partial charge in [0.2, 0.25) is 0 Å². The number of nitrogens with one attached hydrogen (secondary N) is 1. The molecule has 0 spiro atoms. The topological polar surface area (TPSA) is 68.3 Å². The predicted octanol–water partition coefficient (Wildman–Crippen LogP) is 2.74. The number of hydrogen-bond donors (Lipinski definition) is 1. The van der Waals surface area contributed by atoms with Crippen LogP contribution in [0.25, 0.3) is 0 Å². The van der Waals surface area contributed by atoms with E-state index in [4.69, 9.17) is 0 Å². The van der Waals surface area contributed by atoms with Crippen LogP contribution in [0.15, 0.2) is 36.4 Å². The maximum atomic E-state index is 12.1. The molecule has 1 amide bonds. The largest absolute Gasteiger partial charge is 0.465 e. The molecule has 0 bridgehead atoms. The number of methoxy groups -OCH3 is 1. The highest BCUT2D eigenvalue weighted by Gasteiger charge is 2.10. The summed E-state index contributed by atoms with van der Waals surface area (Å²) in [5, 5.41) is 2.74. The van der Waals surface area contributed by atoms with Gasteiger partial charge >= 0.3 is 5.97 Å². The quantitative estimate of drug-likeness (QED) is 0.880. The normalized spacial score (nSPS) is 10.0. The number of amides is 1. The zero-order chi connectivity index (χ0) is 15.4. The van der Waals surface area contributed by atoms with E-state index in [-0.39, 0.29) is 5.91 Å². The monoisotopic (exact) mass is 284 g/mol. The Kier molecular flexibility index (Phi) is 4.33. The highest BCUT2D eigenvalue weighted by atomic mass is 16.5. The second-order valence-electron chi connectivity index (χ2n) is 4.69. The van der Waals surface area contributed by atoms with Crippen LogP contribution in [0.2, 0.25) is 0 Å². The fourth-order valence-corrected chi connectivity index (χ4v) is 1.96. The van der Waals surface area contributed by atoms with Crippen molar-refractivity contribution < 1.29 is 14.3 Å². The van der Waals surface area contributed by atoms with Gasteiger partial charge in [0.05, 0.1) is 12.7 Å². The highest BCUT2D eigenvalue weighted by molar-refractivity contribution is 6.03. The number of carbonyl (C=O) groups excluding carboxylic acids is 2. The highest BCUT2D eigenvalue weighted by Crippen LogP contribution is 2.12. The summed E-state index contributed by atoms with van der Waals surface area (Å²) < 4.78 is 4.62. The van der Waals surface area contributed by atoms with Gasteiger partial charge in [-0.25, -0.2) is 9.78 Å². The summed E-state index contributed by atoms with van der Waals surface area (Å²) in [6, 6.07) is 10.1. The molecule has 0 aliphatic carbocycles. The summed E-state index contributed by atoms with van der Waals surface area (Å²) in [4.78, 5) is 27.7. The number of pyridine rings is 1. The molecule has 2 rings (SSSR count). The zero-order valence-corrected chi connectivity index (χ0v) is 12.1. The van der Waals surface area contributed by atoms with Crippen molar-refractivity contribution in [2.75, 3.05) is 12.4 Å². The maximum Gasteiger partial charge on any atom is 0.337 e. The average molecular weight is 284 g/mol. The van der Waals surface area contributed by atoms with Crippen molar-refractivity contribution in [3.63, 3.8) is 0 Å². The lowest BCUT2D eigenvalue weighted by atomic mass is 10.2. The third kappa shape index (κ3) is 3.66.